The van der Waals surface area contributed by atoms with E-state index in [2.05, 4.69) is 0 Å². The van der Waals surface area contributed by atoms with Crippen molar-refractivity contribution in [3.8, 4) is 16.9 Å². The Kier molecular flexibility index (Phi) is 3.02. The summed E-state index contributed by atoms with van der Waals surface area (Å²) in [5.41, 5.74) is 9.89. The molecular formula is C16H15N3O2. The molecule has 0 radical (unpaired) electrons. The van der Waals surface area contributed by atoms with Crippen LogP contribution in [-0.2, 0) is 7.05 Å². The van der Waals surface area contributed by atoms with Crippen LogP contribution in [0, 0.1) is 0 Å². The zero-order valence-corrected chi connectivity index (χ0v) is 11.5. The molecule has 3 rings (SSSR count). The molecule has 0 fully saturated rings. The number of aryl methyl sites for hydroxylation is 1. The summed E-state index contributed by atoms with van der Waals surface area (Å²) in [6.45, 7) is 0. The van der Waals surface area contributed by atoms with Crippen LogP contribution in [0.1, 0.15) is 10.4 Å². The first-order valence-corrected chi connectivity index (χ1v) is 6.49. The van der Waals surface area contributed by atoms with Crippen molar-refractivity contribution in [1.82, 2.24) is 9.13 Å². The summed E-state index contributed by atoms with van der Waals surface area (Å²) >= 11 is 0. The summed E-state index contributed by atoms with van der Waals surface area (Å²) in [6.07, 6.45) is 5.74. The van der Waals surface area contributed by atoms with Crippen molar-refractivity contribution in [3.05, 3.63) is 60.6 Å². The monoisotopic (exact) mass is 281 g/mol. The number of anilines is 1. The molecule has 0 aliphatic carbocycles. The number of nitrogen functional groups attached to an aromatic ring is 1. The molecule has 0 bridgehead atoms. The summed E-state index contributed by atoms with van der Waals surface area (Å²) in [4.78, 5) is 10.9. The van der Waals surface area contributed by atoms with Crippen LogP contribution < -0.4 is 5.73 Å². The number of hydrogen-bond acceptors (Lipinski definition) is 2. The minimum Gasteiger partial charge on any atom is -0.478 e. The maximum atomic E-state index is 10.9. The first-order chi connectivity index (χ1) is 10.1. The highest BCUT2D eigenvalue weighted by Crippen LogP contribution is 2.28. The number of carboxylic acid groups (broad SMARTS) is 1. The molecule has 0 saturated heterocycles. The van der Waals surface area contributed by atoms with E-state index in [0.717, 1.165) is 16.9 Å². The molecule has 2 aromatic heterocycles. The molecule has 0 aliphatic rings. The van der Waals surface area contributed by atoms with Crippen molar-refractivity contribution in [2.24, 2.45) is 7.05 Å². The fourth-order valence-electron chi connectivity index (χ4n) is 2.35. The molecule has 5 nitrogen and oxygen atoms in total. The van der Waals surface area contributed by atoms with Gasteiger partial charge in [0.05, 0.1) is 16.9 Å². The lowest BCUT2D eigenvalue weighted by Crippen LogP contribution is -1.97. The van der Waals surface area contributed by atoms with Gasteiger partial charge in [0.1, 0.15) is 0 Å². The first kappa shape index (κ1) is 13.1. The van der Waals surface area contributed by atoms with Gasteiger partial charge in [-0.25, -0.2) is 4.79 Å². The number of aromatic carboxylic acids is 1. The van der Waals surface area contributed by atoms with Gasteiger partial charge < -0.3 is 20.0 Å². The Morgan fingerprint density at radius 2 is 1.86 bits per heavy atom. The van der Waals surface area contributed by atoms with E-state index in [9.17, 15) is 4.79 Å². The lowest BCUT2D eigenvalue weighted by molar-refractivity contribution is 0.0697. The third-order valence-corrected chi connectivity index (χ3v) is 3.49. The molecule has 106 valence electrons. The molecule has 0 aliphatic heterocycles. The van der Waals surface area contributed by atoms with Gasteiger partial charge in [-0.05, 0) is 36.4 Å². The highest BCUT2D eigenvalue weighted by molar-refractivity contribution is 5.87. The predicted octanol–water partition coefficient (Wildman–Crippen LogP) is 2.76. The Hall–Kier alpha value is -2.95. The Labute approximate surface area is 121 Å². The SMILES string of the molecule is Cn1cccc1-c1cn(-c2ccc(C(=O)O)cc2)cc1N. The Balaban J connectivity index is 2.01. The van der Waals surface area contributed by atoms with E-state index < -0.39 is 5.97 Å². The van der Waals surface area contributed by atoms with Crippen molar-refractivity contribution < 1.29 is 9.90 Å². The van der Waals surface area contributed by atoms with Gasteiger partial charge in [0, 0.05) is 36.9 Å². The third kappa shape index (κ3) is 2.29. The quantitative estimate of drug-likeness (QED) is 0.775. The maximum absolute atomic E-state index is 10.9. The lowest BCUT2D eigenvalue weighted by Gasteiger charge is -2.03. The molecule has 2 heterocycles. The largest absolute Gasteiger partial charge is 0.478 e. The smallest absolute Gasteiger partial charge is 0.335 e. The van der Waals surface area contributed by atoms with E-state index in [0.29, 0.717) is 5.69 Å². The van der Waals surface area contributed by atoms with Gasteiger partial charge in [-0.3, -0.25) is 0 Å². The summed E-state index contributed by atoms with van der Waals surface area (Å²) in [5, 5.41) is 8.92. The number of rotatable bonds is 3. The van der Waals surface area contributed by atoms with Crippen molar-refractivity contribution in [2.45, 2.75) is 0 Å². The van der Waals surface area contributed by atoms with Gasteiger partial charge in [-0.15, -0.1) is 0 Å². The van der Waals surface area contributed by atoms with E-state index in [1.165, 1.54) is 0 Å². The minimum absolute atomic E-state index is 0.265. The molecule has 0 atom stereocenters. The number of carboxylic acids is 1. The van der Waals surface area contributed by atoms with E-state index in [1.54, 1.807) is 24.3 Å². The molecule has 5 heteroatoms. The fourth-order valence-corrected chi connectivity index (χ4v) is 2.35. The number of carbonyl (C=O) groups is 1. The number of nitrogens with zero attached hydrogens (tertiary/aromatic N) is 2. The number of benzene rings is 1. The minimum atomic E-state index is -0.932. The van der Waals surface area contributed by atoms with Crippen molar-refractivity contribution in [2.75, 3.05) is 5.73 Å². The van der Waals surface area contributed by atoms with Crippen LogP contribution in [0.5, 0.6) is 0 Å². The van der Waals surface area contributed by atoms with Crippen LogP contribution in [0.3, 0.4) is 0 Å². The highest BCUT2D eigenvalue weighted by Gasteiger charge is 2.10. The Morgan fingerprint density at radius 3 is 2.43 bits per heavy atom. The van der Waals surface area contributed by atoms with Gasteiger partial charge in [-0.1, -0.05) is 0 Å². The van der Waals surface area contributed by atoms with Gasteiger partial charge in [0.25, 0.3) is 0 Å². The lowest BCUT2D eigenvalue weighted by atomic mass is 10.2. The molecule has 0 amide bonds. The molecule has 0 spiro atoms. The Morgan fingerprint density at radius 1 is 1.14 bits per heavy atom. The second-order valence-corrected chi connectivity index (χ2v) is 4.89. The Bertz CT molecular complexity index is 797. The second kappa shape index (κ2) is 4.86. The summed E-state index contributed by atoms with van der Waals surface area (Å²) in [6, 6.07) is 10.7. The van der Waals surface area contributed by atoms with E-state index in [1.807, 2.05) is 46.9 Å². The normalized spacial score (nSPS) is 10.7. The zero-order chi connectivity index (χ0) is 15.0. The number of aromatic nitrogens is 2. The predicted molar refractivity (Wildman–Crippen MR) is 81.5 cm³/mol. The maximum Gasteiger partial charge on any atom is 0.335 e. The van der Waals surface area contributed by atoms with Crippen LogP contribution in [0.25, 0.3) is 16.9 Å². The van der Waals surface area contributed by atoms with Gasteiger partial charge in [0.15, 0.2) is 0 Å². The summed E-state index contributed by atoms with van der Waals surface area (Å²) in [5.74, 6) is -0.932. The van der Waals surface area contributed by atoms with Crippen LogP contribution in [0.15, 0.2) is 55.0 Å². The zero-order valence-electron chi connectivity index (χ0n) is 11.5. The van der Waals surface area contributed by atoms with E-state index in [-0.39, 0.29) is 5.56 Å². The fraction of sp³-hybridized carbons (Fsp3) is 0.0625. The third-order valence-electron chi connectivity index (χ3n) is 3.49. The van der Waals surface area contributed by atoms with Crippen molar-refractivity contribution >= 4 is 11.7 Å². The molecule has 3 aromatic rings. The van der Waals surface area contributed by atoms with E-state index >= 15 is 0 Å². The van der Waals surface area contributed by atoms with Crippen LogP contribution >= 0.6 is 0 Å². The average Bonchev–Trinajstić information content (AvgIpc) is 3.04. The molecule has 1 aromatic carbocycles. The topological polar surface area (TPSA) is 73.2 Å². The molecular weight excluding hydrogens is 266 g/mol. The van der Waals surface area contributed by atoms with Gasteiger partial charge in [0.2, 0.25) is 0 Å². The standard InChI is InChI=1S/C16H15N3O2/c1-18-8-2-3-15(18)13-9-19(10-14(13)17)12-6-4-11(5-7-12)16(20)21/h2-10H,17H2,1H3,(H,20,21). The van der Waals surface area contributed by atoms with Crippen LogP contribution in [-0.4, -0.2) is 20.2 Å². The summed E-state index contributed by atoms with van der Waals surface area (Å²) in [7, 11) is 1.97. The van der Waals surface area contributed by atoms with Crippen molar-refractivity contribution in [3.63, 3.8) is 0 Å². The van der Waals surface area contributed by atoms with Crippen LogP contribution in [0.4, 0.5) is 5.69 Å². The second-order valence-electron chi connectivity index (χ2n) is 4.89. The molecule has 0 saturated carbocycles. The van der Waals surface area contributed by atoms with Crippen LogP contribution in [0.2, 0.25) is 0 Å². The highest BCUT2D eigenvalue weighted by atomic mass is 16.4. The number of hydrogen-bond donors (Lipinski definition) is 2. The summed E-state index contributed by atoms with van der Waals surface area (Å²) < 4.78 is 3.90. The molecule has 3 N–H and O–H groups in total. The van der Waals surface area contributed by atoms with Crippen molar-refractivity contribution in [1.29, 1.82) is 0 Å². The molecule has 21 heavy (non-hydrogen) atoms. The molecule has 0 unspecified atom stereocenters. The van der Waals surface area contributed by atoms with Gasteiger partial charge in [-0.2, -0.15) is 0 Å². The van der Waals surface area contributed by atoms with E-state index in [4.69, 9.17) is 10.8 Å². The van der Waals surface area contributed by atoms with Gasteiger partial charge >= 0.3 is 5.97 Å². The average molecular weight is 281 g/mol. The number of nitrogens with two attached hydrogens (primary N) is 1. The first-order valence-electron chi connectivity index (χ1n) is 6.49.